The lowest BCUT2D eigenvalue weighted by molar-refractivity contribution is -0.121. The van der Waals surface area contributed by atoms with Crippen LogP contribution in [0.1, 0.15) is 36.0 Å². The van der Waals surface area contributed by atoms with Gasteiger partial charge < -0.3 is 10.4 Å². The number of benzene rings is 2. The maximum atomic E-state index is 13.2. The number of nitrogens with one attached hydrogen (secondary N) is 1. The molecule has 4 heteroatoms. The Balaban J connectivity index is 1.76. The molecule has 0 spiro atoms. The molecule has 2 rings (SSSR count). The summed E-state index contributed by atoms with van der Waals surface area (Å²) in [5.74, 6) is -0.329. The van der Waals surface area contributed by atoms with Crippen LogP contribution < -0.4 is 5.32 Å². The molecule has 2 aromatic rings. The fraction of sp³-hybridized carbons (Fsp3) is 0.316. The molecule has 0 aromatic heterocycles. The SMILES string of the molecule is CC(CC(=O)NCCc1ccc(CO)cc1)c1cccc(F)c1. The van der Waals surface area contributed by atoms with Gasteiger partial charge in [-0.1, -0.05) is 43.3 Å². The van der Waals surface area contributed by atoms with Gasteiger partial charge in [-0.05, 0) is 41.2 Å². The largest absolute Gasteiger partial charge is 0.392 e. The molecule has 0 fully saturated rings. The minimum atomic E-state index is -0.277. The Hall–Kier alpha value is -2.20. The Morgan fingerprint density at radius 3 is 2.52 bits per heavy atom. The van der Waals surface area contributed by atoms with E-state index in [2.05, 4.69) is 5.32 Å². The van der Waals surface area contributed by atoms with Crippen LogP contribution in [0.15, 0.2) is 48.5 Å². The Morgan fingerprint density at radius 1 is 1.17 bits per heavy atom. The summed E-state index contributed by atoms with van der Waals surface area (Å²) >= 11 is 0. The zero-order valence-electron chi connectivity index (χ0n) is 13.3. The first-order valence-electron chi connectivity index (χ1n) is 7.79. The average Bonchev–Trinajstić information content (AvgIpc) is 2.55. The Labute approximate surface area is 136 Å². The van der Waals surface area contributed by atoms with Crippen molar-refractivity contribution in [3.05, 3.63) is 71.0 Å². The number of aliphatic hydroxyl groups is 1. The summed E-state index contributed by atoms with van der Waals surface area (Å²) in [6.45, 7) is 2.52. The molecule has 1 atom stereocenters. The van der Waals surface area contributed by atoms with Crippen molar-refractivity contribution in [1.29, 1.82) is 0 Å². The van der Waals surface area contributed by atoms with Gasteiger partial charge in [-0.25, -0.2) is 4.39 Å². The second-order valence-electron chi connectivity index (χ2n) is 5.73. The molecular formula is C19H22FNO2. The van der Waals surface area contributed by atoms with Gasteiger partial charge in [0.15, 0.2) is 0 Å². The van der Waals surface area contributed by atoms with E-state index < -0.39 is 0 Å². The van der Waals surface area contributed by atoms with Gasteiger partial charge in [-0.15, -0.1) is 0 Å². The molecule has 0 saturated heterocycles. The van der Waals surface area contributed by atoms with E-state index in [1.165, 1.54) is 12.1 Å². The van der Waals surface area contributed by atoms with Crippen LogP contribution in [0.5, 0.6) is 0 Å². The van der Waals surface area contributed by atoms with E-state index in [-0.39, 0.29) is 24.2 Å². The number of rotatable bonds is 7. The van der Waals surface area contributed by atoms with Crippen molar-refractivity contribution in [2.24, 2.45) is 0 Å². The van der Waals surface area contributed by atoms with Crippen LogP contribution in [0.4, 0.5) is 4.39 Å². The molecule has 0 bridgehead atoms. The van der Waals surface area contributed by atoms with Crippen LogP contribution in [0.25, 0.3) is 0 Å². The van der Waals surface area contributed by atoms with Gasteiger partial charge in [0.1, 0.15) is 5.82 Å². The van der Waals surface area contributed by atoms with Crippen molar-refractivity contribution in [2.45, 2.75) is 32.3 Å². The maximum Gasteiger partial charge on any atom is 0.220 e. The number of carbonyl (C=O) groups excluding carboxylic acids is 1. The van der Waals surface area contributed by atoms with E-state index in [0.717, 1.165) is 23.1 Å². The van der Waals surface area contributed by atoms with Crippen molar-refractivity contribution < 1.29 is 14.3 Å². The summed E-state index contributed by atoms with van der Waals surface area (Å²) in [5, 5.41) is 11.9. The second-order valence-corrected chi connectivity index (χ2v) is 5.73. The number of hydrogen-bond acceptors (Lipinski definition) is 2. The van der Waals surface area contributed by atoms with Crippen molar-refractivity contribution in [3.8, 4) is 0 Å². The van der Waals surface area contributed by atoms with Crippen molar-refractivity contribution in [1.82, 2.24) is 5.32 Å². The minimum Gasteiger partial charge on any atom is -0.392 e. The van der Waals surface area contributed by atoms with E-state index in [0.29, 0.717) is 13.0 Å². The van der Waals surface area contributed by atoms with Gasteiger partial charge >= 0.3 is 0 Å². The predicted octanol–water partition coefficient (Wildman–Crippen LogP) is 3.17. The highest BCUT2D eigenvalue weighted by atomic mass is 19.1. The molecule has 122 valence electrons. The molecule has 0 aliphatic carbocycles. The summed E-state index contributed by atoms with van der Waals surface area (Å²) in [4.78, 5) is 12.0. The highest BCUT2D eigenvalue weighted by molar-refractivity contribution is 5.76. The van der Waals surface area contributed by atoms with Crippen LogP contribution in [0.2, 0.25) is 0 Å². The Bertz CT molecular complexity index is 640. The van der Waals surface area contributed by atoms with Crippen LogP contribution in [0.3, 0.4) is 0 Å². The number of amides is 1. The lowest BCUT2D eigenvalue weighted by atomic mass is 9.97. The van der Waals surface area contributed by atoms with Gasteiger partial charge in [-0.3, -0.25) is 4.79 Å². The van der Waals surface area contributed by atoms with Gasteiger partial charge in [0.2, 0.25) is 5.91 Å². The molecule has 0 heterocycles. The topological polar surface area (TPSA) is 49.3 Å². The average molecular weight is 315 g/mol. The number of hydrogen-bond donors (Lipinski definition) is 2. The summed E-state index contributed by atoms with van der Waals surface area (Å²) in [5.41, 5.74) is 2.82. The molecule has 2 aromatic carbocycles. The molecule has 1 amide bonds. The lowest BCUT2D eigenvalue weighted by Crippen LogP contribution is -2.26. The smallest absolute Gasteiger partial charge is 0.220 e. The Morgan fingerprint density at radius 2 is 1.87 bits per heavy atom. The van der Waals surface area contributed by atoms with E-state index >= 15 is 0 Å². The highest BCUT2D eigenvalue weighted by Gasteiger charge is 2.11. The van der Waals surface area contributed by atoms with E-state index in [1.54, 1.807) is 6.07 Å². The first kappa shape index (κ1) is 17.2. The van der Waals surface area contributed by atoms with Gasteiger partial charge in [0.25, 0.3) is 0 Å². The van der Waals surface area contributed by atoms with Gasteiger partial charge in [0, 0.05) is 13.0 Å². The van der Waals surface area contributed by atoms with Crippen molar-refractivity contribution >= 4 is 5.91 Å². The highest BCUT2D eigenvalue weighted by Crippen LogP contribution is 2.19. The third kappa shape index (κ3) is 5.49. The number of halogens is 1. The minimum absolute atomic E-state index is 0.0189. The molecule has 0 radical (unpaired) electrons. The predicted molar refractivity (Wildman–Crippen MR) is 88.5 cm³/mol. The summed E-state index contributed by atoms with van der Waals surface area (Å²) < 4.78 is 13.2. The summed E-state index contributed by atoms with van der Waals surface area (Å²) in [6, 6.07) is 14.0. The van der Waals surface area contributed by atoms with Gasteiger partial charge in [0.05, 0.1) is 6.61 Å². The molecule has 0 aliphatic rings. The standard InChI is InChI=1S/C19H22FNO2/c1-14(17-3-2-4-18(20)12-17)11-19(23)21-10-9-15-5-7-16(13-22)8-6-15/h2-8,12,14,22H,9-11,13H2,1H3,(H,21,23). The zero-order chi connectivity index (χ0) is 16.7. The maximum absolute atomic E-state index is 13.2. The van der Waals surface area contributed by atoms with E-state index in [9.17, 15) is 9.18 Å². The lowest BCUT2D eigenvalue weighted by Gasteiger charge is -2.12. The normalized spacial score (nSPS) is 12.0. The van der Waals surface area contributed by atoms with Crippen molar-refractivity contribution in [3.63, 3.8) is 0 Å². The fourth-order valence-corrected chi connectivity index (χ4v) is 2.44. The second kappa shape index (κ2) is 8.44. The third-order valence-corrected chi connectivity index (χ3v) is 3.85. The van der Waals surface area contributed by atoms with Crippen LogP contribution in [-0.4, -0.2) is 17.6 Å². The fourth-order valence-electron chi connectivity index (χ4n) is 2.44. The first-order chi connectivity index (χ1) is 11.1. The summed E-state index contributed by atoms with van der Waals surface area (Å²) in [7, 11) is 0. The van der Waals surface area contributed by atoms with E-state index in [4.69, 9.17) is 5.11 Å². The molecular weight excluding hydrogens is 293 g/mol. The zero-order valence-corrected chi connectivity index (χ0v) is 13.3. The summed E-state index contributed by atoms with van der Waals surface area (Å²) in [6.07, 6.45) is 1.08. The third-order valence-electron chi connectivity index (χ3n) is 3.85. The van der Waals surface area contributed by atoms with E-state index in [1.807, 2.05) is 37.3 Å². The Kier molecular flexibility index (Phi) is 6.29. The van der Waals surface area contributed by atoms with Crippen LogP contribution in [-0.2, 0) is 17.8 Å². The quantitative estimate of drug-likeness (QED) is 0.824. The van der Waals surface area contributed by atoms with Crippen molar-refractivity contribution in [2.75, 3.05) is 6.54 Å². The monoisotopic (exact) mass is 315 g/mol. The molecule has 23 heavy (non-hydrogen) atoms. The molecule has 0 saturated carbocycles. The molecule has 3 nitrogen and oxygen atoms in total. The van der Waals surface area contributed by atoms with Gasteiger partial charge in [-0.2, -0.15) is 0 Å². The molecule has 2 N–H and O–H groups in total. The number of aliphatic hydroxyl groups excluding tert-OH is 1. The first-order valence-corrected chi connectivity index (χ1v) is 7.79. The molecule has 0 aliphatic heterocycles. The number of carbonyl (C=O) groups is 1. The van der Waals surface area contributed by atoms with Crippen LogP contribution >= 0.6 is 0 Å². The molecule has 1 unspecified atom stereocenters. The van der Waals surface area contributed by atoms with Crippen LogP contribution in [0, 0.1) is 5.82 Å².